The molecule has 1 amide bonds. The largest absolute Gasteiger partial charge is 0.493 e. The molecule has 1 aliphatic heterocycles. The van der Waals surface area contributed by atoms with Crippen LogP contribution in [0.3, 0.4) is 0 Å². The first kappa shape index (κ1) is 18.4. The Morgan fingerprint density at radius 2 is 2.08 bits per heavy atom. The molecule has 5 nitrogen and oxygen atoms in total. The van der Waals surface area contributed by atoms with Crippen LogP contribution < -0.4 is 4.74 Å². The molecule has 7 heteroatoms. The number of hydrogen-bond donors (Lipinski definition) is 1. The summed E-state index contributed by atoms with van der Waals surface area (Å²) in [7, 11) is 1.66. The minimum absolute atomic E-state index is 0.0530. The zero-order valence-electron chi connectivity index (χ0n) is 14.1. The number of benzene rings is 2. The molecular weight excluding hydrogens is 370 g/mol. The Balaban J connectivity index is 1.98. The first-order valence-corrected chi connectivity index (χ1v) is 9.28. The van der Waals surface area contributed by atoms with Crippen molar-refractivity contribution in [3.63, 3.8) is 0 Å². The number of thiocarbonyl (C=S) groups is 1. The average molecular weight is 387 g/mol. The first-order chi connectivity index (χ1) is 12.5. The van der Waals surface area contributed by atoms with Crippen molar-refractivity contribution >= 4 is 57.0 Å². The molecule has 3 rings (SSSR count). The highest BCUT2D eigenvalue weighted by Crippen LogP contribution is 2.36. The Morgan fingerprint density at radius 1 is 1.31 bits per heavy atom. The number of likely N-dealkylation sites (N-methyl/N-ethyl adjacent to an activating group) is 1. The van der Waals surface area contributed by atoms with Gasteiger partial charge in [-0.1, -0.05) is 54.3 Å². The van der Waals surface area contributed by atoms with Gasteiger partial charge in [-0.25, -0.2) is 0 Å². The second kappa shape index (κ2) is 7.88. The van der Waals surface area contributed by atoms with Gasteiger partial charge in [-0.05, 0) is 29.3 Å². The molecule has 1 N–H and O–H groups in total. The minimum Gasteiger partial charge on any atom is -0.493 e. The zero-order valence-corrected chi connectivity index (χ0v) is 15.7. The summed E-state index contributed by atoms with van der Waals surface area (Å²) in [6, 6.07) is 11.6. The van der Waals surface area contributed by atoms with E-state index in [-0.39, 0.29) is 12.3 Å². The average Bonchev–Trinajstić information content (AvgIpc) is 2.87. The standard InChI is InChI=1S/C19H17NO4S2/c1-20-18(23)16(26-19(20)25)11-14-13-6-3-2-5-12(13)8-9-15(14)24-10-4-7-17(21)22/h2-3,5-6,8-9,11H,4,7,10H2,1H3,(H,21,22). The molecule has 134 valence electrons. The van der Waals surface area contributed by atoms with Crippen LogP contribution in [0.4, 0.5) is 0 Å². The predicted octanol–water partition coefficient (Wildman–Crippen LogP) is 3.91. The fraction of sp³-hybridized carbons (Fsp3) is 0.211. The second-order valence-electron chi connectivity index (χ2n) is 5.78. The van der Waals surface area contributed by atoms with Crippen molar-refractivity contribution in [1.29, 1.82) is 0 Å². The van der Waals surface area contributed by atoms with E-state index in [1.807, 2.05) is 36.4 Å². The molecule has 0 atom stereocenters. The third kappa shape index (κ3) is 3.89. The number of amides is 1. The number of fused-ring (bicyclic) bond motifs is 1. The summed E-state index contributed by atoms with van der Waals surface area (Å²) in [6.07, 6.45) is 2.27. The zero-order chi connectivity index (χ0) is 18.7. The molecule has 0 aliphatic carbocycles. The number of thioether (sulfide) groups is 1. The van der Waals surface area contributed by atoms with E-state index in [1.165, 1.54) is 16.7 Å². The highest BCUT2D eigenvalue weighted by molar-refractivity contribution is 8.26. The maximum absolute atomic E-state index is 12.3. The van der Waals surface area contributed by atoms with E-state index in [1.54, 1.807) is 13.1 Å². The van der Waals surface area contributed by atoms with Gasteiger partial charge in [-0.2, -0.15) is 0 Å². The van der Waals surface area contributed by atoms with Crippen LogP contribution in [0.25, 0.3) is 16.8 Å². The van der Waals surface area contributed by atoms with E-state index in [2.05, 4.69) is 0 Å². The first-order valence-electron chi connectivity index (χ1n) is 8.05. The van der Waals surface area contributed by atoms with Gasteiger partial charge in [0.2, 0.25) is 0 Å². The van der Waals surface area contributed by atoms with Gasteiger partial charge in [0.25, 0.3) is 5.91 Å². The fourth-order valence-electron chi connectivity index (χ4n) is 2.63. The molecule has 1 saturated heterocycles. The molecule has 2 aromatic rings. The topological polar surface area (TPSA) is 66.8 Å². The quantitative estimate of drug-likeness (QED) is 0.460. The third-order valence-corrected chi connectivity index (χ3v) is 5.47. The number of ether oxygens (including phenoxy) is 1. The summed E-state index contributed by atoms with van der Waals surface area (Å²) >= 11 is 6.45. The number of aliphatic carboxylic acids is 1. The van der Waals surface area contributed by atoms with Gasteiger partial charge in [0.05, 0.1) is 11.5 Å². The predicted molar refractivity (Wildman–Crippen MR) is 107 cm³/mol. The Labute approximate surface area is 160 Å². The van der Waals surface area contributed by atoms with Gasteiger partial charge in [-0.3, -0.25) is 14.5 Å². The molecule has 2 aromatic carbocycles. The van der Waals surface area contributed by atoms with Crippen molar-refractivity contribution in [1.82, 2.24) is 4.90 Å². The number of nitrogens with zero attached hydrogens (tertiary/aromatic N) is 1. The van der Waals surface area contributed by atoms with Crippen LogP contribution in [0.15, 0.2) is 41.3 Å². The van der Waals surface area contributed by atoms with Crippen LogP contribution in [0.5, 0.6) is 5.75 Å². The van der Waals surface area contributed by atoms with Crippen molar-refractivity contribution in [2.24, 2.45) is 0 Å². The maximum Gasteiger partial charge on any atom is 0.303 e. The lowest BCUT2D eigenvalue weighted by atomic mass is 10.0. The Kier molecular flexibility index (Phi) is 5.58. The Hall–Kier alpha value is -2.38. The summed E-state index contributed by atoms with van der Waals surface area (Å²) < 4.78 is 6.34. The van der Waals surface area contributed by atoms with Crippen LogP contribution in [0, 0.1) is 0 Å². The SMILES string of the molecule is CN1C(=O)C(=Cc2c(OCCCC(=O)O)ccc3ccccc23)SC1=S. The molecule has 0 bridgehead atoms. The maximum atomic E-state index is 12.3. The molecule has 0 saturated carbocycles. The summed E-state index contributed by atoms with van der Waals surface area (Å²) in [5.41, 5.74) is 0.798. The lowest BCUT2D eigenvalue weighted by Crippen LogP contribution is -2.22. The molecule has 0 unspecified atom stereocenters. The lowest BCUT2D eigenvalue weighted by Gasteiger charge is -2.12. The second-order valence-corrected chi connectivity index (χ2v) is 7.46. The minimum atomic E-state index is -0.848. The third-order valence-electron chi connectivity index (χ3n) is 3.99. The summed E-state index contributed by atoms with van der Waals surface area (Å²) in [5, 5.41) is 10.7. The van der Waals surface area contributed by atoms with Crippen LogP contribution in [0.2, 0.25) is 0 Å². The van der Waals surface area contributed by atoms with E-state index >= 15 is 0 Å². The fourth-order valence-corrected chi connectivity index (χ4v) is 3.79. The lowest BCUT2D eigenvalue weighted by molar-refractivity contribution is -0.137. The van der Waals surface area contributed by atoms with Crippen molar-refractivity contribution in [2.45, 2.75) is 12.8 Å². The van der Waals surface area contributed by atoms with Crippen molar-refractivity contribution < 1.29 is 19.4 Å². The van der Waals surface area contributed by atoms with Crippen LogP contribution in [-0.4, -0.2) is 39.9 Å². The van der Waals surface area contributed by atoms with Crippen molar-refractivity contribution in [2.75, 3.05) is 13.7 Å². The number of hydrogen-bond acceptors (Lipinski definition) is 5. The molecule has 0 aromatic heterocycles. The van der Waals surface area contributed by atoms with Gasteiger partial charge in [0.15, 0.2) is 0 Å². The van der Waals surface area contributed by atoms with E-state index in [9.17, 15) is 9.59 Å². The monoisotopic (exact) mass is 387 g/mol. The van der Waals surface area contributed by atoms with Gasteiger partial charge in [0, 0.05) is 19.0 Å². The number of rotatable bonds is 6. The van der Waals surface area contributed by atoms with Crippen LogP contribution in [0.1, 0.15) is 18.4 Å². The summed E-state index contributed by atoms with van der Waals surface area (Å²) in [6.45, 7) is 0.292. The van der Waals surface area contributed by atoms with E-state index in [4.69, 9.17) is 22.1 Å². The molecule has 26 heavy (non-hydrogen) atoms. The smallest absolute Gasteiger partial charge is 0.303 e. The molecule has 1 heterocycles. The Morgan fingerprint density at radius 3 is 2.77 bits per heavy atom. The normalized spacial score (nSPS) is 15.9. The summed E-state index contributed by atoms with van der Waals surface area (Å²) in [5.74, 6) is -0.362. The molecule has 1 fully saturated rings. The summed E-state index contributed by atoms with van der Waals surface area (Å²) in [4.78, 5) is 25.0. The van der Waals surface area contributed by atoms with Crippen molar-refractivity contribution in [3.05, 3.63) is 46.9 Å². The van der Waals surface area contributed by atoms with Crippen molar-refractivity contribution in [3.8, 4) is 5.75 Å². The van der Waals surface area contributed by atoms with Crippen LogP contribution in [-0.2, 0) is 9.59 Å². The van der Waals surface area contributed by atoms with Gasteiger partial charge in [-0.15, -0.1) is 0 Å². The number of carbonyl (C=O) groups is 2. The van der Waals surface area contributed by atoms with Crippen LogP contribution >= 0.6 is 24.0 Å². The molecular formula is C19H17NO4S2. The van der Waals surface area contributed by atoms with E-state index in [0.717, 1.165) is 16.3 Å². The molecule has 0 radical (unpaired) electrons. The highest BCUT2D eigenvalue weighted by Gasteiger charge is 2.29. The molecule has 0 spiro atoms. The number of carbonyl (C=O) groups excluding carboxylic acids is 1. The van der Waals surface area contributed by atoms with Gasteiger partial charge < -0.3 is 9.84 Å². The number of carboxylic acid groups (broad SMARTS) is 1. The van der Waals surface area contributed by atoms with Gasteiger partial charge in [0.1, 0.15) is 10.1 Å². The van der Waals surface area contributed by atoms with E-state index in [0.29, 0.717) is 28.0 Å². The van der Waals surface area contributed by atoms with Gasteiger partial charge >= 0.3 is 5.97 Å². The Bertz CT molecular complexity index is 923. The number of carboxylic acids is 1. The molecule has 1 aliphatic rings. The van der Waals surface area contributed by atoms with E-state index < -0.39 is 5.97 Å². The highest BCUT2D eigenvalue weighted by atomic mass is 32.2.